The molecule has 0 bridgehead atoms. The topological polar surface area (TPSA) is 45.5 Å². The molecule has 3 rings (SSSR count). The van der Waals surface area contributed by atoms with Gasteiger partial charge in [-0.1, -0.05) is 12.1 Å². The molecule has 24 heavy (non-hydrogen) atoms. The number of hydrogen-bond acceptors (Lipinski definition) is 3. The van der Waals surface area contributed by atoms with Gasteiger partial charge in [-0.3, -0.25) is 9.69 Å². The van der Waals surface area contributed by atoms with E-state index in [0.29, 0.717) is 12.5 Å². The van der Waals surface area contributed by atoms with Crippen LogP contribution in [0.4, 0.5) is 8.78 Å². The SMILES string of the molecule is O=C(Cc1cccc(F)c1F)NCC1CCN(Cc2ccco2)C1. The van der Waals surface area contributed by atoms with Crippen molar-refractivity contribution in [3.05, 3.63) is 59.6 Å². The second kappa shape index (κ2) is 7.57. The van der Waals surface area contributed by atoms with E-state index in [-0.39, 0.29) is 17.9 Å². The molecule has 2 aromatic rings. The summed E-state index contributed by atoms with van der Waals surface area (Å²) >= 11 is 0. The Balaban J connectivity index is 1.43. The van der Waals surface area contributed by atoms with Gasteiger partial charge in [0.05, 0.1) is 19.2 Å². The number of likely N-dealkylation sites (tertiary alicyclic amines) is 1. The molecule has 1 aliphatic heterocycles. The number of carbonyl (C=O) groups is 1. The molecule has 0 radical (unpaired) electrons. The fraction of sp³-hybridized carbons (Fsp3) is 0.389. The van der Waals surface area contributed by atoms with Crippen molar-refractivity contribution in [2.75, 3.05) is 19.6 Å². The average Bonchev–Trinajstić information content (AvgIpc) is 3.22. The van der Waals surface area contributed by atoms with Crippen LogP contribution >= 0.6 is 0 Å². The molecule has 1 saturated heterocycles. The van der Waals surface area contributed by atoms with Gasteiger partial charge in [-0.05, 0) is 37.1 Å². The van der Waals surface area contributed by atoms with Crippen molar-refractivity contribution in [1.29, 1.82) is 0 Å². The smallest absolute Gasteiger partial charge is 0.224 e. The summed E-state index contributed by atoms with van der Waals surface area (Å²) in [4.78, 5) is 14.2. The number of rotatable bonds is 6. The molecular formula is C18H20F2N2O2. The molecule has 128 valence electrons. The summed E-state index contributed by atoms with van der Waals surface area (Å²) in [5.41, 5.74) is 0.0818. The van der Waals surface area contributed by atoms with Gasteiger partial charge in [-0.2, -0.15) is 0 Å². The third-order valence-electron chi connectivity index (χ3n) is 4.30. The number of nitrogens with zero attached hydrogens (tertiary/aromatic N) is 1. The third-order valence-corrected chi connectivity index (χ3v) is 4.30. The second-order valence-electron chi connectivity index (χ2n) is 6.16. The minimum absolute atomic E-state index is 0.0818. The second-order valence-corrected chi connectivity index (χ2v) is 6.16. The monoisotopic (exact) mass is 334 g/mol. The summed E-state index contributed by atoms with van der Waals surface area (Å²) in [5.74, 6) is -0.866. The quantitative estimate of drug-likeness (QED) is 0.883. The summed E-state index contributed by atoms with van der Waals surface area (Å²) in [6.07, 6.45) is 2.51. The normalized spacial score (nSPS) is 18.0. The van der Waals surface area contributed by atoms with Crippen molar-refractivity contribution in [2.24, 2.45) is 5.92 Å². The minimum Gasteiger partial charge on any atom is -0.468 e. The standard InChI is InChI=1S/C18H20F2N2O2/c19-16-5-1-3-14(18(16)20)9-17(23)21-10-13-6-7-22(11-13)12-15-4-2-8-24-15/h1-5,8,13H,6-7,9-12H2,(H,21,23). The fourth-order valence-electron chi connectivity index (χ4n) is 3.02. The first kappa shape index (κ1) is 16.6. The first-order valence-electron chi connectivity index (χ1n) is 8.06. The van der Waals surface area contributed by atoms with Gasteiger partial charge in [0.2, 0.25) is 5.91 Å². The Morgan fingerprint density at radius 1 is 1.29 bits per heavy atom. The molecule has 1 aliphatic rings. The lowest BCUT2D eigenvalue weighted by atomic mass is 10.1. The highest BCUT2D eigenvalue weighted by atomic mass is 19.2. The fourth-order valence-corrected chi connectivity index (χ4v) is 3.02. The van der Waals surface area contributed by atoms with E-state index in [1.807, 2.05) is 12.1 Å². The largest absolute Gasteiger partial charge is 0.468 e. The van der Waals surface area contributed by atoms with E-state index < -0.39 is 11.6 Å². The number of benzene rings is 1. The Kier molecular flexibility index (Phi) is 5.25. The summed E-state index contributed by atoms with van der Waals surface area (Å²) < 4.78 is 32.0. The van der Waals surface area contributed by atoms with Crippen LogP contribution in [0.15, 0.2) is 41.0 Å². The summed E-state index contributed by atoms with van der Waals surface area (Å²) in [5, 5.41) is 2.82. The Labute approximate surface area is 139 Å². The van der Waals surface area contributed by atoms with Gasteiger partial charge in [0, 0.05) is 18.7 Å². The molecule has 6 heteroatoms. The summed E-state index contributed by atoms with van der Waals surface area (Å²) in [6, 6.07) is 7.70. The maximum atomic E-state index is 13.6. The van der Waals surface area contributed by atoms with Gasteiger partial charge in [-0.25, -0.2) is 8.78 Å². The highest BCUT2D eigenvalue weighted by molar-refractivity contribution is 5.78. The Morgan fingerprint density at radius 3 is 2.96 bits per heavy atom. The lowest BCUT2D eigenvalue weighted by Gasteiger charge is -2.15. The molecule has 1 aromatic heterocycles. The molecule has 1 N–H and O–H groups in total. The zero-order chi connectivity index (χ0) is 16.9. The first-order valence-corrected chi connectivity index (χ1v) is 8.06. The number of amides is 1. The van der Waals surface area contributed by atoms with E-state index in [4.69, 9.17) is 4.42 Å². The van der Waals surface area contributed by atoms with E-state index in [2.05, 4.69) is 10.2 Å². The van der Waals surface area contributed by atoms with Crippen molar-refractivity contribution < 1.29 is 18.0 Å². The Morgan fingerprint density at radius 2 is 2.17 bits per heavy atom. The molecule has 2 heterocycles. The minimum atomic E-state index is -0.946. The maximum absolute atomic E-state index is 13.6. The molecular weight excluding hydrogens is 314 g/mol. The van der Waals surface area contributed by atoms with Crippen LogP contribution in [0.2, 0.25) is 0 Å². The Bertz CT molecular complexity index is 688. The molecule has 1 fully saturated rings. The van der Waals surface area contributed by atoms with Gasteiger partial charge in [0.1, 0.15) is 5.76 Å². The zero-order valence-corrected chi connectivity index (χ0v) is 13.3. The van der Waals surface area contributed by atoms with Crippen LogP contribution in [-0.2, 0) is 17.8 Å². The van der Waals surface area contributed by atoms with Gasteiger partial charge < -0.3 is 9.73 Å². The van der Waals surface area contributed by atoms with E-state index in [1.54, 1.807) is 6.26 Å². The average molecular weight is 334 g/mol. The zero-order valence-electron chi connectivity index (χ0n) is 13.3. The van der Waals surface area contributed by atoms with Crippen molar-refractivity contribution >= 4 is 5.91 Å². The van der Waals surface area contributed by atoms with E-state index in [1.165, 1.54) is 12.1 Å². The van der Waals surface area contributed by atoms with Crippen LogP contribution in [0.5, 0.6) is 0 Å². The molecule has 1 aromatic carbocycles. The summed E-state index contributed by atoms with van der Waals surface area (Å²) in [6.45, 7) is 3.16. The summed E-state index contributed by atoms with van der Waals surface area (Å²) in [7, 11) is 0. The molecule has 1 atom stereocenters. The van der Waals surface area contributed by atoms with Crippen LogP contribution < -0.4 is 5.32 Å². The molecule has 1 unspecified atom stereocenters. The van der Waals surface area contributed by atoms with Crippen LogP contribution in [0, 0.1) is 17.6 Å². The van der Waals surface area contributed by atoms with Gasteiger partial charge in [0.15, 0.2) is 11.6 Å². The van der Waals surface area contributed by atoms with Crippen LogP contribution in [0.25, 0.3) is 0 Å². The van der Waals surface area contributed by atoms with E-state index in [0.717, 1.165) is 37.9 Å². The number of halogens is 2. The number of nitrogens with one attached hydrogen (secondary N) is 1. The number of carbonyl (C=O) groups excluding carboxylic acids is 1. The lowest BCUT2D eigenvalue weighted by Crippen LogP contribution is -2.32. The van der Waals surface area contributed by atoms with Gasteiger partial charge >= 0.3 is 0 Å². The predicted octanol–water partition coefficient (Wildman–Crippen LogP) is 2.74. The first-order chi connectivity index (χ1) is 11.6. The van der Waals surface area contributed by atoms with Crippen molar-refractivity contribution in [3.63, 3.8) is 0 Å². The highest BCUT2D eigenvalue weighted by Crippen LogP contribution is 2.18. The molecule has 0 spiro atoms. The van der Waals surface area contributed by atoms with Crippen LogP contribution in [0.3, 0.4) is 0 Å². The van der Waals surface area contributed by atoms with Crippen molar-refractivity contribution in [3.8, 4) is 0 Å². The van der Waals surface area contributed by atoms with Crippen molar-refractivity contribution in [2.45, 2.75) is 19.4 Å². The lowest BCUT2D eigenvalue weighted by molar-refractivity contribution is -0.120. The molecule has 1 amide bonds. The maximum Gasteiger partial charge on any atom is 0.224 e. The number of hydrogen-bond donors (Lipinski definition) is 1. The molecule has 0 aliphatic carbocycles. The molecule has 4 nitrogen and oxygen atoms in total. The Hall–Kier alpha value is -2.21. The van der Waals surface area contributed by atoms with Crippen LogP contribution in [-0.4, -0.2) is 30.4 Å². The third kappa shape index (κ3) is 4.20. The highest BCUT2D eigenvalue weighted by Gasteiger charge is 2.23. The van der Waals surface area contributed by atoms with Crippen LogP contribution in [0.1, 0.15) is 17.7 Å². The van der Waals surface area contributed by atoms with Gasteiger partial charge in [0.25, 0.3) is 0 Å². The van der Waals surface area contributed by atoms with Crippen molar-refractivity contribution in [1.82, 2.24) is 10.2 Å². The predicted molar refractivity (Wildman–Crippen MR) is 85.2 cm³/mol. The molecule has 0 saturated carbocycles. The van der Waals surface area contributed by atoms with Gasteiger partial charge in [-0.15, -0.1) is 0 Å². The van der Waals surface area contributed by atoms with E-state index >= 15 is 0 Å². The number of furan rings is 1. The van der Waals surface area contributed by atoms with E-state index in [9.17, 15) is 13.6 Å².